The zero-order chi connectivity index (χ0) is 12.8. The van der Waals surface area contributed by atoms with Crippen molar-refractivity contribution in [2.75, 3.05) is 6.54 Å². The van der Waals surface area contributed by atoms with Crippen LogP contribution in [-0.4, -0.2) is 15.9 Å². The van der Waals surface area contributed by atoms with Crippen LogP contribution in [0.4, 0.5) is 4.39 Å². The van der Waals surface area contributed by atoms with Crippen LogP contribution < -0.4 is 5.32 Å². The number of nitrogens with one attached hydrogen (secondary N) is 1. The van der Waals surface area contributed by atoms with E-state index in [9.17, 15) is 4.39 Å². The van der Waals surface area contributed by atoms with Crippen LogP contribution in [0, 0.1) is 5.82 Å². The predicted octanol–water partition coefficient (Wildman–Crippen LogP) is 3.33. The minimum absolute atomic E-state index is 0.203. The summed E-state index contributed by atoms with van der Waals surface area (Å²) in [6.07, 6.45) is 2.56. The summed E-state index contributed by atoms with van der Waals surface area (Å²) in [6, 6.07) is 5.31. The summed E-state index contributed by atoms with van der Waals surface area (Å²) < 4.78 is 18.5. The van der Waals surface area contributed by atoms with Gasteiger partial charge in [-0.25, -0.2) is 9.37 Å². The molecule has 6 heteroatoms. The zero-order valence-electron chi connectivity index (χ0n) is 10.0. The van der Waals surface area contributed by atoms with Gasteiger partial charge >= 0.3 is 0 Å². The molecule has 1 aromatic carbocycles. The van der Waals surface area contributed by atoms with E-state index in [0.29, 0.717) is 11.4 Å². The highest BCUT2D eigenvalue weighted by Crippen LogP contribution is 2.30. The number of hydrogen-bond donors (Lipinski definition) is 1. The van der Waals surface area contributed by atoms with Gasteiger partial charge in [0.25, 0.3) is 0 Å². The molecule has 2 rings (SSSR count). The third-order valence-electron chi connectivity index (χ3n) is 2.29. The number of rotatable bonds is 6. The van der Waals surface area contributed by atoms with Crippen molar-refractivity contribution in [2.24, 2.45) is 0 Å². The smallest absolute Gasteiger partial charge is 0.174 e. The van der Waals surface area contributed by atoms with Crippen molar-refractivity contribution in [2.45, 2.75) is 29.1 Å². The van der Waals surface area contributed by atoms with Crippen LogP contribution in [0.5, 0.6) is 0 Å². The molecule has 96 valence electrons. The van der Waals surface area contributed by atoms with Gasteiger partial charge in [-0.2, -0.15) is 4.37 Å². The van der Waals surface area contributed by atoms with Gasteiger partial charge in [-0.05, 0) is 42.2 Å². The Morgan fingerprint density at radius 3 is 3.00 bits per heavy atom. The average Bonchev–Trinajstić information content (AvgIpc) is 2.86. The number of aromatic nitrogens is 2. The van der Waals surface area contributed by atoms with E-state index in [1.54, 1.807) is 12.1 Å². The molecule has 18 heavy (non-hydrogen) atoms. The molecule has 0 bridgehead atoms. The largest absolute Gasteiger partial charge is 0.313 e. The van der Waals surface area contributed by atoms with E-state index in [4.69, 9.17) is 0 Å². The summed E-state index contributed by atoms with van der Waals surface area (Å²) in [5.41, 5.74) is 0.961. The normalized spacial score (nSPS) is 10.8. The molecule has 0 unspecified atom stereocenters. The molecular weight excluding hydrogens is 269 g/mol. The van der Waals surface area contributed by atoms with Gasteiger partial charge in [-0.3, -0.25) is 0 Å². The van der Waals surface area contributed by atoms with E-state index >= 15 is 0 Å². The Balaban J connectivity index is 2.01. The van der Waals surface area contributed by atoms with Gasteiger partial charge in [0.2, 0.25) is 0 Å². The fourth-order valence-electron chi connectivity index (χ4n) is 1.45. The van der Waals surface area contributed by atoms with E-state index in [0.717, 1.165) is 22.9 Å². The van der Waals surface area contributed by atoms with Crippen LogP contribution in [0.1, 0.15) is 18.9 Å². The van der Waals surface area contributed by atoms with Crippen LogP contribution in [-0.2, 0) is 6.54 Å². The minimum atomic E-state index is -0.203. The Kier molecular flexibility index (Phi) is 5.10. The summed E-state index contributed by atoms with van der Waals surface area (Å²) in [5.74, 6) is -0.203. The molecule has 0 amide bonds. The Hall–Kier alpha value is -0.980. The van der Waals surface area contributed by atoms with Gasteiger partial charge < -0.3 is 5.32 Å². The molecule has 0 radical (unpaired) electrons. The fourth-order valence-corrected chi connectivity index (χ4v) is 2.86. The predicted molar refractivity (Wildman–Crippen MR) is 72.4 cm³/mol. The van der Waals surface area contributed by atoms with E-state index in [1.807, 2.05) is 6.07 Å². The first kappa shape index (κ1) is 13.5. The molecule has 0 spiro atoms. The van der Waals surface area contributed by atoms with Crippen LogP contribution >= 0.6 is 23.3 Å². The van der Waals surface area contributed by atoms with Gasteiger partial charge in [0.05, 0.1) is 4.90 Å². The summed E-state index contributed by atoms with van der Waals surface area (Å²) in [7, 11) is 0. The standard InChI is InChI=1S/C12H14FN3S2/c1-2-5-14-7-9-3-4-11(10(13)6-9)17-12-15-8-16-18-12/h3-4,6,8,14H,2,5,7H2,1H3. The zero-order valence-corrected chi connectivity index (χ0v) is 11.7. The van der Waals surface area contributed by atoms with E-state index in [1.165, 1.54) is 29.6 Å². The molecule has 0 aliphatic carbocycles. The lowest BCUT2D eigenvalue weighted by Gasteiger charge is -2.05. The first-order chi connectivity index (χ1) is 8.79. The van der Waals surface area contributed by atoms with Crippen molar-refractivity contribution in [1.29, 1.82) is 0 Å². The van der Waals surface area contributed by atoms with Crippen LogP contribution in [0.2, 0.25) is 0 Å². The molecule has 1 heterocycles. The highest BCUT2D eigenvalue weighted by atomic mass is 32.2. The maximum Gasteiger partial charge on any atom is 0.174 e. The Morgan fingerprint density at radius 2 is 2.33 bits per heavy atom. The SMILES string of the molecule is CCCNCc1ccc(Sc2ncns2)c(F)c1. The van der Waals surface area contributed by atoms with Crippen LogP contribution in [0.15, 0.2) is 33.8 Å². The van der Waals surface area contributed by atoms with Gasteiger partial charge in [0.1, 0.15) is 12.1 Å². The van der Waals surface area contributed by atoms with Crippen LogP contribution in [0.3, 0.4) is 0 Å². The minimum Gasteiger partial charge on any atom is -0.313 e. The second-order valence-corrected chi connectivity index (χ2v) is 5.82. The molecule has 0 saturated heterocycles. The maximum absolute atomic E-state index is 13.9. The Bertz CT molecular complexity index is 488. The van der Waals surface area contributed by atoms with Gasteiger partial charge in [0.15, 0.2) is 4.34 Å². The molecule has 0 atom stereocenters. The van der Waals surface area contributed by atoms with Crippen molar-refractivity contribution in [1.82, 2.24) is 14.7 Å². The van der Waals surface area contributed by atoms with Crippen molar-refractivity contribution >= 4 is 23.3 Å². The Labute approximate surface area is 114 Å². The van der Waals surface area contributed by atoms with E-state index in [2.05, 4.69) is 21.6 Å². The lowest BCUT2D eigenvalue weighted by atomic mass is 10.2. The molecule has 0 fully saturated rings. The average molecular weight is 283 g/mol. The fraction of sp³-hybridized carbons (Fsp3) is 0.333. The lowest BCUT2D eigenvalue weighted by molar-refractivity contribution is 0.595. The first-order valence-corrected chi connectivity index (χ1v) is 7.32. The maximum atomic E-state index is 13.9. The van der Waals surface area contributed by atoms with Crippen molar-refractivity contribution in [3.8, 4) is 0 Å². The molecule has 1 aromatic heterocycles. The second-order valence-electron chi connectivity index (χ2n) is 3.75. The summed E-state index contributed by atoms with van der Waals surface area (Å²) in [6.45, 7) is 3.76. The van der Waals surface area contributed by atoms with Gasteiger partial charge in [-0.15, -0.1) is 0 Å². The quantitative estimate of drug-likeness (QED) is 0.825. The third-order valence-corrected chi connectivity index (χ3v) is 4.06. The number of hydrogen-bond acceptors (Lipinski definition) is 5. The molecular formula is C12H14FN3S2. The monoisotopic (exact) mass is 283 g/mol. The van der Waals surface area contributed by atoms with E-state index < -0.39 is 0 Å². The summed E-state index contributed by atoms with van der Waals surface area (Å²) in [4.78, 5) is 4.62. The molecule has 0 aliphatic heterocycles. The molecule has 3 nitrogen and oxygen atoms in total. The van der Waals surface area contributed by atoms with Crippen molar-refractivity contribution in [3.63, 3.8) is 0 Å². The highest BCUT2D eigenvalue weighted by molar-refractivity contribution is 8.01. The van der Waals surface area contributed by atoms with Crippen molar-refractivity contribution in [3.05, 3.63) is 35.9 Å². The number of halogens is 1. The Morgan fingerprint density at radius 1 is 1.44 bits per heavy atom. The molecule has 0 saturated carbocycles. The molecule has 2 aromatic rings. The van der Waals surface area contributed by atoms with Crippen LogP contribution in [0.25, 0.3) is 0 Å². The first-order valence-electron chi connectivity index (χ1n) is 5.73. The molecule has 1 N–H and O–H groups in total. The van der Waals surface area contributed by atoms with E-state index in [-0.39, 0.29) is 5.82 Å². The van der Waals surface area contributed by atoms with Crippen molar-refractivity contribution < 1.29 is 4.39 Å². The summed E-state index contributed by atoms with van der Waals surface area (Å²) >= 11 is 2.58. The highest BCUT2D eigenvalue weighted by Gasteiger charge is 2.07. The second kappa shape index (κ2) is 6.82. The number of nitrogens with zero attached hydrogens (tertiary/aromatic N) is 2. The van der Waals surface area contributed by atoms with Gasteiger partial charge in [-0.1, -0.05) is 24.8 Å². The third kappa shape index (κ3) is 3.76. The van der Waals surface area contributed by atoms with Gasteiger partial charge in [0, 0.05) is 6.54 Å². The number of benzene rings is 1. The topological polar surface area (TPSA) is 37.8 Å². The lowest BCUT2D eigenvalue weighted by Crippen LogP contribution is -2.13. The summed E-state index contributed by atoms with van der Waals surface area (Å²) in [5, 5.41) is 3.25. The molecule has 0 aliphatic rings.